The number of hydrogen-bond donors (Lipinski definition) is 1. The quantitative estimate of drug-likeness (QED) is 0.116. The minimum absolute atomic E-state index is 0.0685. The molecule has 3 atom stereocenters. The molecule has 1 N–H and O–H groups in total. The maximum atomic E-state index is 11.2. The van der Waals surface area contributed by atoms with Crippen molar-refractivity contribution in [3.05, 3.63) is 0 Å². The molecule has 0 radical (unpaired) electrons. The fourth-order valence-corrected chi connectivity index (χ4v) is 6.74. The Balaban J connectivity index is 0.00000147. The summed E-state index contributed by atoms with van der Waals surface area (Å²) in [6.07, 6.45) is 22.2. The third-order valence-corrected chi connectivity index (χ3v) is 8.64. The normalized spacial score (nSPS) is 21.8. The van der Waals surface area contributed by atoms with E-state index >= 15 is 0 Å². The summed E-state index contributed by atoms with van der Waals surface area (Å²) >= 11 is 0. The fraction of sp³-hybridized carbons (Fsp3) is 0.967. The Morgan fingerprint density at radius 2 is 1.21 bits per heavy atom. The van der Waals surface area contributed by atoms with Crippen molar-refractivity contribution in [1.82, 2.24) is 0 Å². The first kappa shape index (κ1) is 37.3. The molecule has 0 spiro atoms. The van der Waals surface area contributed by atoms with E-state index in [1.807, 2.05) is 0 Å². The second-order valence-corrected chi connectivity index (χ2v) is 14.8. The van der Waals surface area contributed by atoms with Crippen molar-refractivity contribution in [2.75, 3.05) is 60.1 Å². The lowest BCUT2D eigenvalue weighted by Crippen LogP contribution is -2.45. The van der Waals surface area contributed by atoms with Crippen LogP contribution in [0.1, 0.15) is 117 Å². The van der Waals surface area contributed by atoms with Crippen molar-refractivity contribution in [3.63, 3.8) is 0 Å². The van der Waals surface area contributed by atoms with Crippen LogP contribution in [-0.4, -0.2) is 88.0 Å². The first-order chi connectivity index (χ1) is 17.7. The average molecular weight is 564 g/mol. The van der Waals surface area contributed by atoms with Crippen molar-refractivity contribution in [2.45, 2.75) is 117 Å². The highest BCUT2D eigenvalue weighted by molar-refractivity contribution is 7.85. The Bertz CT molecular complexity index is 708. The van der Waals surface area contributed by atoms with Gasteiger partial charge in [-0.1, -0.05) is 104 Å². The van der Waals surface area contributed by atoms with Gasteiger partial charge in [-0.2, -0.15) is 8.42 Å². The number of unbranched alkanes of at least 4 members (excludes halogenated alkanes) is 15. The van der Waals surface area contributed by atoms with Gasteiger partial charge in [0.2, 0.25) is 0 Å². The second-order valence-electron chi connectivity index (χ2n) is 13.3. The lowest BCUT2D eigenvalue weighted by molar-refractivity contribution is -0.900. The van der Waals surface area contributed by atoms with E-state index < -0.39 is 16.1 Å². The molecule has 1 rings (SSSR count). The van der Waals surface area contributed by atoms with Crippen LogP contribution in [0.5, 0.6) is 0 Å². The molecule has 0 aromatic rings. The summed E-state index contributed by atoms with van der Waals surface area (Å²) in [4.78, 5) is 9.89. The van der Waals surface area contributed by atoms with E-state index in [0.29, 0.717) is 10.4 Å². The maximum absolute atomic E-state index is 11.2. The molecule has 7 nitrogen and oxygen atoms in total. The molecule has 3 unspecified atom stereocenters. The smallest absolute Gasteiger partial charge is 0.265 e. The lowest BCUT2D eigenvalue weighted by atomic mass is 10.0. The van der Waals surface area contributed by atoms with Crippen molar-refractivity contribution in [1.29, 1.82) is 0 Å². The highest BCUT2D eigenvalue weighted by Crippen LogP contribution is 2.29. The zero-order valence-electron chi connectivity index (χ0n) is 25.9. The van der Waals surface area contributed by atoms with Crippen LogP contribution in [0.15, 0.2) is 0 Å². The zero-order valence-corrected chi connectivity index (χ0v) is 26.7. The molecule has 38 heavy (non-hydrogen) atoms. The number of quaternary nitrogens is 2. The third kappa shape index (κ3) is 23.2. The Hall–Kier alpha value is -0.700. The molecular weight excluding hydrogens is 500 g/mol. The number of carboxylic acid groups (broad SMARTS) is 1. The predicted octanol–water partition coefficient (Wildman–Crippen LogP) is 5.29. The first-order valence-electron chi connectivity index (χ1n) is 15.5. The van der Waals surface area contributed by atoms with Gasteiger partial charge in [0.05, 0.1) is 59.5 Å². The summed E-state index contributed by atoms with van der Waals surface area (Å²) in [6.45, 7) is 7.56. The van der Waals surface area contributed by atoms with Gasteiger partial charge < -0.3 is 18.9 Å². The topological polar surface area (TPSA) is 94.5 Å². The first-order valence-corrected chi connectivity index (χ1v) is 17.1. The number of carboxylic acids is 1. The van der Waals surface area contributed by atoms with Gasteiger partial charge in [-0.3, -0.25) is 4.55 Å². The molecule has 1 aliphatic heterocycles. The number of carbonyl (C=O) groups excluding carboxylic acids is 1. The summed E-state index contributed by atoms with van der Waals surface area (Å²) < 4.78 is 33.0. The fourth-order valence-electron chi connectivity index (χ4n) is 5.76. The minimum atomic E-state index is -3.85. The van der Waals surface area contributed by atoms with E-state index in [2.05, 4.69) is 20.9 Å². The van der Waals surface area contributed by atoms with E-state index in [0.717, 1.165) is 24.1 Å². The Kier molecular flexibility index (Phi) is 19.8. The SMILES string of the molecule is CCCCCCCCCCCCCCCCCC[N+]1(C)CC(C)C(CS(=O)(=O)O)C1.C[N+](C)(C)CC(=O)[O-]. The largest absolute Gasteiger partial charge is 0.544 e. The van der Waals surface area contributed by atoms with E-state index in [-0.39, 0.29) is 18.2 Å². The van der Waals surface area contributed by atoms with Gasteiger partial charge in [0, 0.05) is 11.8 Å². The molecule has 0 aromatic carbocycles. The lowest BCUT2D eigenvalue weighted by Gasteiger charge is -2.30. The average Bonchev–Trinajstić information content (AvgIpc) is 3.03. The van der Waals surface area contributed by atoms with Crippen LogP contribution in [0.25, 0.3) is 0 Å². The standard InChI is InChI=1S/C25H51NO3S.C5H11NO2/c1-4-5-6-7-8-9-10-11-12-13-14-15-16-17-18-19-20-26(3)21-24(2)25(22-26)23-30(27,28)29;1-6(2,3)4-5(7)8/h24-25H,4-23H2,1-3H3;4H2,1-3H3/p+1. The number of likely N-dealkylation sites (N-methyl/N-ethyl adjacent to an activating group) is 1. The third-order valence-electron chi connectivity index (χ3n) is 7.79. The predicted molar refractivity (Wildman–Crippen MR) is 157 cm³/mol. The number of likely N-dealkylation sites (tertiary alicyclic amines) is 1. The van der Waals surface area contributed by atoms with E-state index in [4.69, 9.17) is 4.55 Å². The summed E-state index contributed by atoms with van der Waals surface area (Å²) in [5, 5.41) is 9.89. The van der Waals surface area contributed by atoms with Gasteiger partial charge in [0.15, 0.2) is 0 Å². The van der Waals surface area contributed by atoms with Crippen LogP contribution in [0.3, 0.4) is 0 Å². The summed E-state index contributed by atoms with van der Waals surface area (Å²) in [5.74, 6) is -0.595. The van der Waals surface area contributed by atoms with Crippen molar-refractivity contribution in [2.24, 2.45) is 11.8 Å². The van der Waals surface area contributed by atoms with Crippen LogP contribution in [0, 0.1) is 11.8 Å². The van der Waals surface area contributed by atoms with Crippen LogP contribution >= 0.6 is 0 Å². The number of aliphatic carboxylic acids is 1. The van der Waals surface area contributed by atoms with E-state index in [1.54, 1.807) is 21.1 Å². The Labute approximate surface area is 236 Å². The van der Waals surface area contributed by atoms with Crippen LogP contribution in [0.4, 0.5) is 0 Å². The molecule has 1 heterocycles. The summed E-state index contributed by atoms with van der Waals surface area (Å²) in [5.41, 5.74) is 0. The number of rotatable bonds is 21. The van der Waals surface area contributed by atoms with Crippen LogP contribution < -0.4 is 5.11 Å². The van der Waals surface area contributed by atoms with E-state index in [1.165, 1.54) is 103 Å². The number of nitrogens with zero attached hydrogens (tertiary/aromatic N) is 2. The molecule has 1 saturated heterocycles. The number of carbonyl (C=O) groups is 1. The molecule has 0 saturated carbocycles. The minimum Gasteiger partial charge on any atom is -0.544 e. The van der Waals surface area contributed by atoms with Gasteiger partial charge >= 0.3 is 0 Å². The van der Waals surface area contributed by atoms with Crippen molar-refractivity contribution in [3.8, 4) is 0 Å². The zero-order chi connectivity index (χ0) is 29.1. The molecule has 0 aliphatic carbocycles. The molecule has 1 aliphatic rings. The molecule has 0 aromatic heterocycles. The molecule has 1 fully saturated rings. The Morgan fingerprint density at radius 3 is 1.53 bits per heavy atom. The monoisotopic (exact) mass is 563 g/mol. The molecule has 8 heteroatoms. The summed E-state index contributed by atoms with van der Waals surface area (Å²) in [6, 6.07) is 0. The summed E-state index contributed by atoms with van der Waals surface area (Å²) in [7, 11) is 3.81. The van der Waals surface area contributed by atoms with Gasteiger partial charge in [-0.15, -0.1) is 0 Å². The highest BCUT2D eigenvalue weighted by atomic mass is 32.2. The van der Waals surface area contributed by atoms with Crippen molar-refractivity contribution >= 4 is 16.1 Å². The Morgan fingerprint density at radius 1 is 0.816 bits per heavy atom. The molecule has 228 valence electrons. The van der Waals surface area contributed by atoms with Gasteiger partial charge in [0.1, 0.15) is 6.54 Å². The van der Waals surface area contributed by atoms with Crippen LogP contribution in [-0.2, 0) is 14.9 Å². The van der Waals surface area contributed by atoms with E-state index in [9.17, 15) is 18.3 Å². The van der Waals surface area contributed by atoms with Gasteiger partial charge in [-0.25, -0.2) is 0 Å². The maximum Gasteiger partial charge on any atom is 0.265 e. The van der Waals surface area contributed by atoms with Gasteiger partial charge in [0.25, 0.3) is 10.1 Å². The van der Waals surface area contributed by atoms with Gasteiger partial charge in [-0.05, 0) is 12.8 Å². The van der Waals surface area contributed by atoms with Crippen LogP contribution in [0.2, 0.25) is 0 Å². The molecule has 0 bridgehead atoms. The number of hydrogen-bond acceptors (Lipinski definition) is 4. The molecule has 0 amide bonds. The van der Waals surface area contributed by atoms with Crippen molar-refractivity contribution < 1.29 is 31.8 Å². The second kappa shape index (κ2) is 20.2. The highest BCUT2D eigenvalue weighted by Gasteiger charge is 2.41. The molecular formula is C30H63N2O5S+.